The van der Waals surface area contributed by atoms with Gasteiger partial charge >= 0.3 is 0 Å². The highest BCUT2D eigenvalue weighted by Gasteiger charge is 2.25. The van der Waals surface area contributed by atoms with Crippen LogP contribution in [0.1, 0.15) is 21.7 Å². The van der Waals surface area contributed by atoms with E-state index in [4.69, 9.17) is 4.74 Å². The molecule has 0 aliphatic carbocycles. The Morgan fingerprint density at radius 1 is 1.25 bits per heavy atom. The molecule has 5 heteroatoms. The van der Waals surface area contributed by atoms with E-state index in [1.54, 1.807) is 24.1 Å². The monoisotopic (exact) mass is 341 g/mol. The number of carbonyl (C=O) groups excluding carboxylic acids is 1. The minimum Gasteiger partial charge on any atom is -0.497 e. The maximum atomic E-state index is 13.9. The Bertz CT molecular complexity index is 934. The zero-order valence-corrected chi connectivity index (χ0v) is 14.0. The SMILES string of the molecule is COc1ccc2c(c1)CCCN2C(=O)c1cc2c(F)cccc2s1. The van der Waals surface area contributed by atoms with Crippen molar-refractivity contribution in [2.24, 2.45) is 0 Å². The van der Waals surface area contributed by atoms with E-state index < -0.39 is 0 Å². The van der Waals surface area contributed by atoms with Crippen molar-refractivity contribution in [3.05, 3.63) is 58.7 Å². The van der Waals surface area contributed by atoms with Crippen LogP contribution in [0.25, 0.3) is 10.1 Å². The van der Waals surface area contributed by atoms with Gasteiger partial charge in [0.1, 0.15) is 11.6 Å². The van der Waals surface area contributed by atoms with Gasteiger partial charge in [0.25, 0.3) is 5.91 Å². The number of anilines is 1. The lowest BCUT2D eigenvalue weighted by molar-refractivity contribution is 0.0989. The maximum absolute atomic E-state index is 13.9. The first kappa shape index (κ1) is 15.1. The highest BCUT2D eigenvalue weighted by molar-refractivity contribution is 7.20. The van der Waals surface area contributed by atoms with Gasteiger partial charge in [-0.25, -0.2) is 4.39 Å². The molecule has 2 aromatic carbocycles. The highest BCUT2D eigenvalue weighted by atomic mass is 32.1. The average Bonchev–Trinajstić information content (AvgIpc) is 3.06. The number of amides is 1. The van der Waals surface area contributed by atoms with Crippen molar-refractivity contribution in [1.29, 1.82) is 0 Å². The topological polar surface area (TPSA) is 29.5 Å². The number of aryl methyl sites for hydroxylation is 1. The quantitative estimate of drug-likeness (QED) is 0.679. The normalized spacial score (nSPS) is 13.8. The van der Waals surface area contributed by atoms with Gasteiger partial charge in [0, 0.05) is 22.3 Å². The van der Waals surface area contributed by atoms with Gasteiger partial charge in [-0.05, 0) is 54.8 Å². The van der Waals surface area contributed by atoms with Crippen LogP contribution in [0.2, 0.25) is 0 Å². The number of ether oxygens (including phenoxy) is 1. The molecule has 122 valence electrons. The molecule has 0 saturated carbocycles. The third-order valence-electron chi connectivity index (χ3n) is 4.37. The number of methoxy groups -OCH3 is 1. The molecule has 0 unspecified atom stereocenters. The Hall–Kier alpha value is -2.40. The van der Waals surface area contributed by atoms with Crippen molar-refractivity contribution in [2.45, 2.75) is 12.8 Å². The van der Waals surface area contributed by atoms with E-state index in [0.29, 0.717) is 16.8 Å². The Labute approximate surface area is 143 Å². The zero-order valence-electron chi connectivity index (χ0n) is 13.2. The smallest absolute Gasteiger partial charge is 0.268 e. The van der Waals surface area contributed by atoms with Crippen LogP contribution in [0.4, 0.5) is 10.1 Å². The summed E-state index contributed by atoms with van der Waals surface area (Å²) in [5.74, 6) is 0.445. The largest absolute Gasteiger partial charge is 0.497 e. The van der Waals surface area contributed by atoms with Gasteiger partial charge in [-0.2, -0.15) is 0 Å². The summed E-state index contributed by atoms with van der Waals surface area (Å²) in [6, 6.07) is 12.4. The number of hydrogen-bond acceptors (Lipinski definition) is 3. The van der Waals surface area contributed by atoms with E-state index in [1.165, 1.54) is 17.4 Å². The molecule has 1 aliphatic heterocycles. The summed E-state index contributed by atoms with van der Waals surface area (Å²) >= 11 is 1.34. The summed E-state index contributed by atoms with van der Waals surface area (Å²) in [5.41, 5.74) is 2.03. The standard InChI is InChI=1S/C19H16FNO2S/c1-23-13-7-8-16-12(10-13)4-3-9-21(16)19(22)18-11-14-15(20)5-2-6-17(14)24-18/h2,5-8,10-11H,3-4,9H2,1H3. The molecule has 0 saturated heterocycles. The lowest BCUT2D eigenvalue weighted by Gasteiger charge is -2.29. The fraction of sp³-hybridized carbons (Fsp3) is 0.211. The molecular weight excluding hydrogens is 325 g/mol. The molecule has 1 aliphatic rings. The van der Waals surface area contributed by atoms with Crippen LogP contribution in [0.3, 0.4) is 0 Å². The Balaban J connectivity index is 1.73. The number of nitrogens with zero attached hydrogens (tertiary/aromatic N) is 1. The second kappa shape index (κ2) is 5.91. The summed E-state index contributed by atoms with van der Waals surface area (Å²) in [6.45, 7) is 0.675. The highest BCUT2D eigenvalue weighted by Crippen LogP contribution is 2.34. The lowest BCUT2D eigenvalue weighted by atomic mass is 10.0. The molecule has 24 heavy (non-hydrogen) atoms. The van der Waals surface area contributed by atoms with Crippen molar-refractivity contribution in [3.8, 4) is 5.75 Å². The number of hydrogen-bond donors (Lipinski definition) is 0. The van der Waals surface area contributed by atoms with Crippen molar-refractivity contribution < 1.29 is 13.9 Å². The van der Waals surface area contributed by atoms with Crippen molar-refractivity contribution in [2.75, 3.05) is 18.6 Å². The minimum atomic E-state index is -0.286. The third-order valence-corrected chi connectivity index (χ3v) is 5.46. The van der Waals surface area contributed by atoms with Crippen molar-refractivity contribution >= 4 is 33.0 Å². The predicted molar refractivity (Wildman–Crippen MR) is 94.8 cm³/mol. The van der Waals surface area contributed by atoms with Crippen LogP contribution in [0.15, 0.2) is 42.5 Å². The molecule has 3 nitrogen and oxygen atoms in total. The van der Waals surface area contributed by atoms with Gasteiger partial charge in [-0.15, -0.1) is 11.3 Å². The Morgan fingerprint density at radius 2 is 2.12 bits per heavy atom. The number of benzene rings is 2. The van der Waals surface area contributed by atoms with Gasteiger partial charge in [0.15, 0.2) is 0 Å². The van der Waals surface area contributed by atoms with Gasteiger partial charge < -0.3 is 9.64 Å². The average molecular weight is 341 g/mol. The summed E-state index contributed by atoms with van der Waals surface area (Å²) in [7, 11) is 1.64. The number of rotatable bonds is 2. The van der Waals surface area contributed by atoms with Gasteiger partial charge in [-0.1, -0.05) is 6.07 Å². The van der Waals surface area contributed by atoms with Crippen molar-refractivity contribution in [1.82, 2.24) is 0 Å². The first-order valence-electron chi connectivity index (χ1n) is 7.84. The molecule has 2 heterocycles. The van der Waals surface area contributed by atoms with E-state index in [9.17, 15) is 9.18 Å². The summed E-state index contributed by atoms with van der Waals surface area (Å²) < 4.78 is 20.0. The zero-order chi connectivity index (χ0) is 16.7. The molecule has 0 bridgehead atoms. The molecular formula is C19H16FNO2S. The molecule has 0 radical (unpaired) electrons. The molecule has 0 N–H and O–H groups in total. The summed E-state index contributed by atoms with van der Waals surface area (Å²) in [4.78, 5) is 15.3. The number of thiophene rings is 1. The molecule has 1 amide bonds. The van der Waals surface area contributed by atoms with Crippen LogP contribution in [-0.4, -0.2) is 19.6 Å². The fourth-order valence-corrected chi connectivity index (χ4v) is 4.20. The Morgan fingerprint density at radius 3 is 2.92 bits per heavy atom. The number of fused-ring (bicyclic) bond motifs is 2. The minimum absolute atomic E-state index is 0.0679. The van der Waals surface area contributed by atoms with E-state index in [-0.39, 0.29) is 11.7 Å². The molecule has 1 aromatic heterocycles. The molecule has 0 atom stereocenters. The van der Waals surface area contributed by atoms with Gasteiger partial charge in [0.2, 0.25) is 0 Å². The first-order valence-corrected chi connectivity index (χ1v) is 8.66. The van der Waals surface area contributed by atoms with E-state index >= 15 is 0 Å². The van der Waals surface area contributed by atoms with E-state index in [0.717, 1.165) is 34.5 Å². The summed E-state index contributed by atoms with van der Waals surface area (Å²) in [6.07, 6.45) is 1.84. The second-order valence-electron chi connectivity index (χ2n) is 5.82. The summed E-state index contributed by atoms with van der Waals surface area (Å²) in [5, 5.41) is 0.512. The second-order valence-corrected chi connectivity index (χ2v) is 6.90. The molecule has 0 spiro atoms. The van der Waals surface area contributed by atoms with Crippen LogP contribution >= 0.6 is 11.3 Å². The maximum Gasteiger partial charge on any atom is 0.268 e. The van der Waals surface area contributed by atoms with E-state index in [2.05, 4.69) is 0 Å². The number of carbonyl (C=O) groups is 1. The van der Waals surface area contributed by atoms with E-state index in [1.807, 2.05) is 24.3 Å². The van der Waals surface area contributed by atoms with Crippen LogP contribution in [-0.2, 0) is 6.42 Å². The Kier molecular flexibility index (Phi) is 3.73. The van der Waals surface area contributed by atoms with Gasteiger partial charge in [-0.3, -0.25) is 4.79 Å². The molecule has 3 aromatic rings. The van der Waals surface area contributed by atoms with Crippen molar-refractivity contribution in [3.63, 3.8) is 0 Å². The third kappa shape index (κ3) is 2.45. The van der Waals surface area contributed by atoms with Crippen LogP contribution < -0.4 is 9.64 Å². The predicted octanol–water partition coefficient (Wildman–Crippen LogP) is 4.64. The van der Waals surface area contributed by atoms with Crippen LogP contribution in [0, 0.1) is 5.82 Å². The van der Waals surface area contributed by atoms with Crippen LogP contribution in [0.5, 0.6) is 5.75 Å². The lowest BCUT2D eigenvalue weighted by Crippen LogP contribution is -2.35. The first-order chi connectivity index (χ1) is 11.7. The number of halogens is 1. The van der Waals surface area contributed by atoms with Gasteiger partial charge in [0.05, 0.1) is 12.0 Å². The molecule has 0 fully saturated rings. The fourth-order valence-electron chi connectivity index (χ4n) is 3.18. The molecule has 4 rings (SSSR count).